The van der Waals surface area contributed by atoms with Crippen LogP contribution in [0.25, 0.3) is 12.2 Å². The predicted octanol–water partition coefficient (Wildman–Crippen LogP) is 2.05. The third-order valence-corrected chi connectivity index (χ3v) is 2.89. The standard InChI is InChI=1S/C16H14N2O2/c17-15(19)13-7-3-1-5-11(13)9-10-12-6-2-4-8-14(12)16(18)20/h1-10H,(H2,17,19)(H2,18,20)/b10-9+. The van der Waals surface area contributed by atoms with Gasteiger partial charge in [0, 0.05) is 11.1 Å². The number of carbonyl (C=O) groups is 2. The fourth-order valence-electron chi connectivity index (χ4n) is 1.91. The summed E-state index contributed by atoms with van der Waals surface area (Å²) >= 11 is 0. The van der Waals surface area contributed by atoms with Gasteiger partial charge in [-0.15, -0.1) is 0 Å². The number of rotatable bonds is 4. The van der Waals surface area contributed by atoms with Crippen LogP contribution in [-0.2, 0) is 0 Å². The molecular weight excluding hydrogens is 252 g/mol. The van der Waals surface area contributed by atoms with Crippen molar-refractivity contribution in [3.8, 4) is 0 Å². The van der Waals surface area contributed by atoms with Crippen LogP contribution in [0.15, 0.2) is 48.5 Å². The number of primary amides is 2. The number of carbonyl (C=O) groups excluding carboxylic acids is 2. The van der Waals surface area contributed by atoms with E-state index in [0.29, 0.717) is 22.3 Å². The zero-order valence-corrected chi connectivity index (χ0v) is 10.7. The number of hydrogen-bond acceptors (Lipinski definition) is 2. The Hall–Kier alpha value is -2.88. The van der Waals surface area contributed by atoms with Crippen LogP contribution in [-0.4, -0.2) is 11.8 Å². The molecular formula is C16H14N2O2. The Morgan fingerprint density at radius 1 is 0.700 bits per heavy atom. The SMILES string of the molecule is NC(=O)c1ccccc1/C=C/c1ccccc1C(N)=O. The molecule has 20 heavy (non-hydrogen) atoms. The summed E-state index contributed by atoms with van der Waals surface area (Å²) in [7, 11) is 0. The Kier molecular flexibility index (Phi) is 3.96. The lowest BCUT2D eigenvalue weighted by molar-refractivity contribution is 0.0991. The summed E-state index contributed by atoms with van der Waals surface area (Å²) < 4.78 is 0. The van der Waals surface area contributed by atoms with Crippen molar-refractivity contribution in [3.05, 3.63) is 70.8 Å². The first kappa shape index (κ1) is 13.5. The summed E-state index contributed by atoms with van der Waals surface area (Å²) in [6, 6.07) is 14.0. The van der Waals surface area contributed by atoms with E-state index in [1.165, 1.54) is 0 Å². The molecule has 2 amide bonds. The second kappa shape index (κ2) is 5.84. The van der Waals surface area contributed by atoms with Gasteiger partial charge in [0.1, 0.15) is 0 Å². The molecule has 0 aliphatic carbocycles. The van der Waals surface area contributed by atoms with Gasteiger partial charge in [0.15, 0.2) is 0 Å². The minimum Gasteiger partial charge on any atom is -0.366 e. The van der Waals surface area contributed by atoms with Crippen molar-refractivity contribution in [2.75, 3.05) is 0 Å². The first-order chi connectivity index (χ1) is 9.59. The Balaban J connectivity index is 2.40. The average molecular weight is 266 g/mol. The lowest BCUT2D eigenvalue weighted by atomic mass is 10.0. The second-order valence-electron chi connectivity index (χ2n) is 4.24. The van der Waals surface area contributed by atoms with Crippen molar-refractivity contribution < 1.29 is 9.59 Å². The molecule has 0 saturated heterocycles. The molecule has 0 fully saturated rings. The quantitative estimate of drug-likeness (QED) is 0.830. The maximum Gasteiger partial charge on any atom is 0.249 e. The minimum atomic E-state index is -0.492. The van der Waals surface area contributed by atoms with Crippen LogP contribution < -0.4 is 11.5 Å². The van der Waals surface area contributed by atoms with E-state index >= 15 is 0 Å². The maximum absolute atomic E-state index is 11.3. The molecule has 0 radical (unpaired) electrons. The second-order valence-corrected chi connectivity index (χ2v) is 4.24. The van der Waals surface area contributed by atoms with Gasteiger partial charge in [-0.2, -0.15) is 0 Å². The Morgan fingerprint density at radius 2 is 1.05 bits per heavy atom. The third-order valence-electron chi connectivity index (χ3n) is 2.89. The van der Waals surface area contributed by atoms with E-state index in [4.69, 9.17) is 11.5 Å². The van der Waals surface area contributed by atoms with Gasteiger partial charge >= 0.3 is 0 Å². The lowest BCUT2D eigenvalue weighted by Gasteiger charge is -2.03. The average Bonchev–Trinajstić information content (AvgIpc) is 2.45. The zero-order chi connectivity index (χ0) is 14.5. The fourth-order valence-corrected chi connectivity index (χ4v) is 1.91. The smallest absolute Gasteiger partial charge is 0.249 e. The van der Waals surface area contributed by atoms with Crippen LogP contribution >= 0.6 is 0 Å². The highest BCUT2D eigenvalue weighted by molar-refractivity contribution is 5.99. The van der Waals surface area contributed by atoms with Crippen molar-refractivity contribution in [1.82, 2.24) is 0 Å². The molecule has 0 unspecified atom stereocenters. The monoisotopic (exact) mass is 266 g/mol. The number of amides is 2. The molecule has 4 N–H and O–H groups in total. The van der Waals surface area contributed by atoms with Crippen molar-refractivity contribution in [3.63, 3.8) is 0 Å². The molecule has 4 heteroatoms. The minimum absolute atomic E-state index is 0.431. The third kappa shape index (κ3) is 2.92. The van der Waals surface area contributed by atoms with E-state index < -0.39 is 11.8 Å². The van der Waals surface area contributed by atoms with E-state index in [2.05, 4.69) is 0 Å². The summed E-state index contributed by atoms with van der Waals surface area (Å²) in [5.41, 5.74) is 12.9. The maximum atomic E-state index is 11.3. The molecule has 0 bridgehead atoms. The molecule has 0 aliphatic heterocycles. The number of nitrogens with two attached hydrogens (primary N) is 2. The highest BCUT2D eigenvalue weighted by atomic mass is 16.1. The first-order valence-corrected chi connectivity index (χ1v) is 6.05. The summed E-state index contributed by atoms with van der Waals surface area (Å²) in [6.45, 7) is 0. The summed E-state index contributed by atoms with van der Waals surface area (Å²) in [5, 5.41) is 0. The van der Waals surface area contributed by atoms with E-state index in [1.807, 2.05) is 12.1 Å². The molecule has 2 aromatic carbocycles. The number of benzene rings is 2. The molecule has 0 heterocycles. The van der Waals surface area contributed by atoms with Gasteiger partial charge in [-0.25, -0.2) is 0 Å². The molecule has 2 rings (SSSR count). The van der Waals surface area contributed by atoms with Crippen LogP contribution in [0.4, 0.5) is 0 Å². The number of hydrogen-bond donors (Lipinski definition) is 2. The van der Waals surface area contributed by atoms with E-state index in [-0.39, 0.29) is 0 Å². The molecule has 4 nitrogen and oxygen atoms in total. The van der Waals surface area contributed by atoms with Gasteiger partial charge < -0.3 is 11.5 Å². The first-order valence-electron chi connectivity index (χ1n) is 6.05. The molecule has 100 valence electrons. The highest BCUT2D eigenvalue weighted by Crippen LogP contribution is 2.15. The van der Waals surface area contributed by atoms with Crippen molar-refractivity contribution in [2.24, 2.45) is 11.5 Å². The van der Waals surface area contributed by atoms with Gasteiger partial charge in [0.2, 0.25) is 11.8 Å². The van der Waals surface area contributed by atoms with Crippen LogP contribution in [0.3, 0.4) is 0 Å². The summed E-state index contributed by atoms with van der Waals surface area (Å²) in [6.07, 6.45) is 3.48. The van der Waals surface area contributed by atoms with Crippen molar-refractivity contribution in [1.29, 1.82) is 0 Å². The van der Waals surface area contributed by atoms with Crippen molar-refractivity contribution in [2.45, 2.75) is 0 Å². The van der Waals surface area contributed by atoms with E-state index in [9.17, 15) is 9.59 Å². The predicted molar refractivity (Wildman–Crippen MR) is 78.8 cm³/mol. The van der Waals surface area contributed by atoms with Gasteiger partial charge in [-0.05, 0) is 23.3 Å². The van der Waals surface area contributed by atoms with Gasteiger partial charge in [0.05, 0.1) is 0 Å². The molecule has 0 aromatic heterocycles. The van der Waals surface area contributed by atoms with Crippen molar-refractivity contribution >= 4 is 24.0 Å². The van der Waals surface area contributed by atoms with Gasteiger partial charge in [-0.1, -0.05) is 48.6 Å². The lowest BCUT2D eigenvalue weighted by Crippen LogP contribution is -2.12. The highest BCUT2D eigenvalue weighted by Gasteiger charge is 2.06. The van der Waals surface area contributed by atoms with Crippen LogP contribution in [0.1, 0.15) is 31.8 Å². The summed E-state index contributed by atoms with van der Waals surface area (Å²) in [5.74, 6) is -0.984. The Bertz CT molecular complexity index is 631. The Labute approximate surface area is 116 Å². The van der Waals surface area contributed by atoms with Gasteiger partial charge in [-0.3, -0.25) is 9.59 Å². The Morgan fingerprint density at radius 3 is 1.40 bits per heavy atom. The van der Waals surface area contributed by atoms with Crippen LogP contribution in [0, 0.1) is 0 Å². The summed E-state index contributed by atoms with van der Waals surface area (Å²) in [4.78, 5) is 22.6. The normalized spacial score (nSPS) is 10.6. The molecule has 0 aliphatic rings. The van der Waals surface area contributed by atoms with E-state index in [0.717, 1.165) is 0 Å². The molecule has 0 spiro atoms. The van der Waals surface area contributed by atoms with Gasteiger partial charge in [0.25, 0.3) is 0 Å². The molecule has 0 atom stereocenters. The topological polar surface area (TPSA) is 86.2 Å². The fraction of sp³-hybridized carbons (Fsp3) is 0. The largest absolute Gasteiger partial charge is 0.366 e. The van der Waals surface area contributed by atoms with Crippen LogP contribution in [0.2, 0.25) is 0 Å². The molecule has 0 saturated carbocycles. The zero-order valence-electron chi connectivity index (χ0n) is 10.7. The van der Waals surface area contributed by atoms with E-state index in [1.54, 1.807) is 48.6 Å². The van der Waals surface area contributed by atoms with Crippen LogP contribution in [0.5, 0.6) is 0 Å². The molecule has 2 aromatic rings.